The summed E-state index contributed by atoms with van der Waals surface area (Å²) in [5, 5.41) is 3.03. The molecule has 3 heteroatoms. The molecular weight excluding hydrogens is 296 g/mol. The second-order valence-corrected chi connectivity index (χ2v) is 5.76. The highest BCUT2D eigenvalue weighted by Crippen LogP contribution is 2.28. The number of nitrogen functional groups attached to an aromatic ring is 1. The van der Waals surface area contributed by atoms with Gasteiger partial charge in [-0.1, -0.05) is 66.7 Å². The van der Waals surface area contributed by atoms with Crippen LogP contribution in [0.2, 0.25) is 0 Å². The zero-order valence-corrected chi connectivity index (χ0v) is 13.6. The monoisotopic (exact) mass is 316 g/mol. The van der Waals surface area contributed by atoms with E-state index in [0.717, 1.165) is 22.4 Å². The number of carbonyl (C=O) groups excluding carboxylic acids is 1. The smallest absolute Gasteiger partial charge is 0.236 e. The van der Waals surface area contributed by atoms with Crippen molar-refractivity contribution in [2.45, 2.75) is 12.8 Å². The van der Waals surface area contributed by atoms with Gasteiger partial charge in [0.15, 0.2) is 0 Å². The number of hydrogen-bond donors (Lipinski definition) is 2. The van der Waals surface area contributed by atoms with Crippen LogP contribution < -0.4 is 11.1 Å². The fourth-order valence-electron chi connectivity index (χ4n) is 2.78. The first kappa shape index (κ1) is 15.8. The summed E-state index contributed by atoms with van der Waals surface area (Å²) in [7, 11) is 0. The molecular formula is C21H20N2O. The van der Waals surface area contributed by atoms with Crippen molar-refractivity contribution < 1.29 is 4.79 Å². The maximum absolute atomic E-state index is 13.0. The summed E-state index contributed by atoms with van der Waals surface area (Å²) in [6.07, 6.45) is 0. The van der Waals surface area contributed by atoms with Crippen LogP contribution in [0.5, 0.6) is 0 Å². The second kappa shape index (κ2) is 7.01. The maximum Gasteiger partial charge on any atom is 0.236 e. The summed E-state index contributed by atoms with van der Waals surface area (Å²) < 4.78 is 0. The van der Waals surface area contributed by atoms with E-state index in [0.29, 0.717) is 5.69 Å². The van der Waals surface area contributed by atoms with Crippen molar-refractivity contribution in [1.82, 2.24) is 0 Å². The number of anilines is 2. The van der Waals surface area contributed by atoms with E-state index < -0.39 is 0 Å². The molecule has 3 rings (SSSR count). The van der Waals surface area contributed by atoms with Gasteiger partial charge in [0.2, 0.25) is 5.91 Å². The number of rotatable bonds is 4. The summed E-state index contributed by atoms with van der Waals surface area (Å²) in [6, 6.07) is 25.1. The minimum absolute atomic E-state index is 0.0684. The van der Waals surface area contributed by atoms with Crippen molar-refractivity contribution in [2.75, 3.05) is 11.1 Å². The molecule has 3 aromatic rings. The van der Waals surface area contributed by atoms with Crippen LogP contribution in [0.15, 0.2) is 78.9 Å². The Balaban J connectivity index is 1.97. The van der Waals surface area contributed by atoms with E-state index in [1.807, 2.05) is 85.8 Å². The molecule has 0 aromatic heterocycles. The van der Waals surface area contributed by atoms with Gasteiger partial charge in [0.05, 0.1) is 5.92 Å². The molecule has 3 aromatic carbocycles. The second-order valence-electron chi connectivity index (χ2n) is 5.76. The average Bonchev–Trinajstić information content (AvgIpc) is 2.61. The lowest BCUT2D eigenvalue weighted by Gasteiger charge is -2.19. The van der Waals surface area contributed by atoms with Crippen LogP contribution in [0.4, 0.5) is 11.4 Å². The third-order valence-electron chi connectivity index (χ3n) is 4.16. The largest absolute Gasteiger partial charge is 0.398 e. The lowest BCUT2D eigenvalue weighted by Crippen LogP contribution is -2.22. The van der Waals surface area contributed by atoms with Crippen molar-refractivity contribution >= 4 is 17.3 Å². The standard InChI is InChI=1S/C21H20N2O/c1-15-18(22)13-8-14-19(15)23-21(24)20(16-9-4-2-5-10-16)17-11-6-3-7-12-17/h2-14,20H,22H2,1H3,(H,23,24). The van der Waals surface area contributed by atoms with Gasteiger partial charge in [-0.2, -0.15) is 0 Å². The number of nitrogens with one attached hydrogen (secondary N) is 1. The van der Waals surface area contributed by atoms with E-state index in [1.54, 1.807) is 0 Å². The van der Waals surface area contributed by atoms with Gasteiger partial charge in [-0.15, -0.1) is 0 Å². The normalized spacial score (nSPS) is 10.6. The molecule has 24 heavy (non-hydrogen) atoms. The molecule has 0 atom stereocenters. The van der Waals surface area contributed by atoms with Gasteiger partial charge in [0.25, 0.3) is 0 Å². The Morgan fingerprint density at radius 1 is 0.833 bits per heavy atom. The topological polar surface area (TPSA) is 55.1 Å². The van der Waals surface area contributed by atoms with Gasteiger partial charge in [-0.3, -0.25) is 4.79 Å². The Morgan fingerprint density at radius 3 is 1.92 bits per heavy atom. The van der Waals surface area contributed by atoms with E-state index in [-0.39, 0.29) is 11.8 Å². The maximum atomic E-state index is 13.0. The minimum atomic E-state index is -0.367. The van der Waals surface area contributed by atoms with Crippen LogP contribution in [0.25, 0.3) is 0 Å². The third-order valence-corrected chi connectivity index (χ3v) is 4.16. The Kier molecular flexibility index (Phi) is 4.62. The van der Waals surface area contributed by atoms with Crippen molar-refractivity contribution in [3.8, 4) is 0 Å². The Bertz CT molecular complexity index is 789. The molecule has 0 aliphatic heterocycles. The molecule has 0 radical (unpaired) electrons. The van der Waals surface area contributed by atoms with Crippen LogP contribution >= 0.6 is 0 Å². The highest BCUT2D eigenvalue weighted by atomic mass is 16.1. The summed E-state index contributed by atoms with van der Waals surface area (Å²) in [5.41, 5.74) is 10.2. The highest BCUT2D eigenvalue weighted by molar-refractivity contribution is 5.99. The minimum Gasteiger partial charge on any atom is -0.398 e. The Morgan fingerprint density at radius 2 is 1.38 bits per heavy atom. The lowest BCUT2D eigenvalue weighted by atomic mass is 9.90. The predicted molar refractivity (Wildman–Crippen MR) is 98.9 cm³/mol. The SMILES string of the molecule is Cc1c(N)cccc1NC(=O)C(c1ccccc1)c1ccccc1. The van der Waals surface area contributed by atoms with Crippen LogP contribution in [0, 0.1) is 6.92 Å². The fourth-order valence-corrected chi connectivity index (χ4v) is 2.78. The number of amides is 1. The first-order valence-electron chi connectivity index (χ1n) is 7.92. The molecule has 0 bridgehead atoms. The van der Waals surface area contributed by atoms with Crippen molar-refractivity contribution in [3.63, 3.8) is 0 Å². The van der Waals surface area contributed by atoms with E-state index in [4.69, 9.17) is 5.73 Å². The first-order chi connectivity index (χ1) is 11.7. The molecule has 0 saturated heterocycles. The van der Waals surface area contributed by atoms with Gasteiger partial charge in [0, 0.05) is 11.4 Å². The van der Waals surface area contributed by atoms with Crippen LogP contribution in [-0.2, 0) is 4.79 Å². The van der Waals surface area contributed by atoms with Gasteiger partial charge in [-0.05, 0) is 35.7 Å². The molecule has 0 aliphatic rings. The molecule has 0 saturated carbocycles. The summed E-state index contributed by atoms with van der Waals surface area (Å²) >= 11 is 0. The molecule has 3 N–H and O–H groups in total. The number of benzene rings is 3. The van der Waals surface area contributed by atoms with Crippen molar-refractivity contribution in [1.29, 1.82) is 0 Å². The highest BCUT2D eigenvalue weighted by Gasteiger charge is 2.23. The van der Waals surface area contributed by atoms with E-state index in [2.05, 4.69) is 5.32 Å². The van der Waals surface area contributed by atoms with Gasteiger partial charge in [-0.25, -0.2) is 0 Å². The van der Waals surface area contributed by atoms with Gasteiger partial charge >= 0.3 is 0 Å². The quantitative estimate of drug-likeness (QED) is 0.703. The number of carbonyl (C=O) groups is 1. The molecule has 120 valence electrons. The molecule has 0 fully saturated rings. The molecule has 1 amide bonds. The number of hydrogen-bond acceptors (Lipinski definition) is 2. The van der Waals surface area contributed by atoms with Crippen molar-refractivity contribution in [3.05, 3.63) is 95.6 Å². The molecule has 0 aliphatic carbocycles. The zero-order valence-electron chi connectivity index (χ0n) is 13.6. The van der Waals surface area contributed by atoms with Crippen LogP contribution in [0.3, 0.4) is 0 Å². The molecule has 0 spiro atoms. The number of nitrogens with two attached hydrogens (primary N) is 1. The summed E-state index contributed by atoms with van der Waals surface area (Å²) in [5.74, 6) is -0.436. The summed E-state index contributed by atoms with van der Waals surface area (Å²) in [6.45, 7) is 1.91. The Hall–Kier alpha value is -3.07. The average molecular weight is 316 g/mol. The van der Waals surface area contributed by atoms with E-state index in [9.17, 15) is 4.79 Å². The van der Waals surface area contributed by atoms with Gasteiger partial charge in [0.1, 0.15) is 0 Å². The van der Waals surface area contributed by atoms with Crippen LogP contribution in [0.1, 0.15) is 22.6 Å². The van der Waals surface area contributed by atoms with Gasteiger partial charge < -0.3 is 11.1 Å². The fraction of sp³-hybridized carbons (Fsp3) is 0.0952. The lowest BCUT2D eigenvalue weighted by molar-refractivity contribution is -0.116. The van der Waals surface area contributed by atoms with E-state index in [1.165, 1.54) is 0 Å². The van der Waals surface area contributed by atoms with Crippen LogP contribution in [-0.4, -0.2) is 5.91 Å². The molecule has 0 heterocycles. The van der Waals surface area contributed by atoms with Crippen molar-refractivity contribution in [2.24, 2.45) is 0 Å². The molecule has 3 nitrogen and oxygen atoms in total. The summed E-state index contributed by atoms with van der Waals surface area (Å²) in [4.78, 5) is 13.0. The Labute approximate surface area is 142 Å². The first-order valence-corrected chi connectivity index (χ1v) is 7.92. The molecule has 0 unspecified atom stereocenters. The third kappa shape index (κ3) is 3.30. The zero-order chi connectivity index (χ0) is 16.9. The predicted octanol–water partition coefficient (Wildman–Crippen LogP) is 4.35. The van der Waals surface area contributed by atoms with E-state index >= 15 is 0 Å².